The SMILES string of the molecule is CCNC(=O)CC(=N)/C=C(\Nc1ccccc1Cl)c1ccc(-c2cccc(S(C)(=O)=O)c2)s1. The van der Waals surface area contributed by atoms with Crippen molar-refractivity contribution >= 4 is 55.8 Å². The average Bonchev–Trinajstić information content (AvgIpc) is 3.25. The van der Waals surface area contributed by atoms with Crippen LogP contribution in [0.25, 0.3) is 16.1 Å². The van der Waals surface area contributed by atoms with Crippen molar-refractivity contribution < 1.29 is 13.2 Å². The first-order valence-electron chi connectivity index (χ1n) is 10.2. The third-order valence-corrected chi connectivity index (χ3v) is 7.21. The number of anilines is 1. The number of benzene rings is 2. The molecule has 0 spiro atoms. The Bertz CT molecular complexity index is 1310. The maximum atomic E-state index is 11.9. The van der Waals surface area contributed by atoms with Gasteiger partial charge in [0.15, 0.2) is 9.84 Å². The number of allylic oxidation sites excluding steroid dienone is 1. The molecule has 3 N–H and O–H groups in total. The van der Waals surface area contributed by atoms with Crippen molar-refractivity contribution in [1.82, 2.24) is 5.32 Å². The van der Waals surface area contributed by atoms with E-state index in [1.54, 1.807) is 30.3 Å². The summed E-state index contributed by atoms with van der Waals surface area (Å²) in [7, 11) is -3.32. The van der Waals surface area contributed by atoms with Crippen molar-refractivity contribution in [3.63, 3.8) is 0 Å². The van der Waals surface area contributed by atoms with E-state index in [9.17, 15) is 13.2 Å². The molecule has 0 saturated carbocycles. The molecule has 1 heterocycles. The minimum Gasteiger partial charge on any atom is -0.356 e. The number of para-hydroxylation sites is 1. The lowest BCUT2D eigenvalue weighted by molar-refractivity contribution is -0.119. The van der Waals surface area contributed by atoms with E-state index in [1.807, 2.05) is 43.3 Å². The summed E-state index contributed by atoms with van der Waals surface area (Å²) in [4.78, 5) is 13.9. The first-order valence-corrected chi connectivity index (χ1v) is 13.2. The summed E-state index contributed by atoms with van der Waals surface area (Å²) < 4.78 is 23.9. The highest BCUT2D eigenvalue weighted by Crippen LogP contribution is 2.34. The van der Waals surface area contributed by atoms with Crippen LogP contribution < -0.4 is 10.6 Å². The fourth-order valence-electron chi connectivity index (χ4n) is 3.05. The zero-order chi connectivity index (χ0) is 24.0. The van der Waals surface area contributed by atoms with Gasteiger partial charge < -0.3 is 16.0 Å². The van der Waals surface area contributed by atoms with Crippen LogP contribution in [0.2, 0.25) is 5.02 Å². The summed E-state index contributed by atoms with van der Waals surface area (Å²) in [6.07, 6.45) is 2.75. The number of sulfone groups is 1. The number of carbonyl (C=O) groups excluding carboxylic acids is 1. The molecule has 0 saturated heterocycles. The molecule has 2 aromatic carbocycles. The summed E-state index contributed by atoms with van der Waals surface area (Å²) in [6.45, 7) is 2.33. The number of amides is 1. The van der Waals surface area contributed by atoms with Crippen molar-refractivity contribution in [2.24, 2.45) is 0 Å². The van der Waals surface area contributed by atoms with Gasteiger partial charge >= 0.3 is 0 Å². The minimum atomic E-state index is -3.32. The lowest BCUT2D eigenvalue weighted by atomic mass is 10.1. The maximum absolute atomic E-state index is 11.9. The largest absolute Gasteiger partial charge is 0.356 e. The summed E-state index contributed by atoms with van der Waals surface area (Å²) in [6, 6.07) is 17.8. The van der Waals surface area contributed by atoms with Crippen LogP contribution in [0.3, 0.4) is 0 Å². The van der Waals surface area contributed by atoms with Crippen molar-refractivity contribution in [1.29, 1.82) is 5.41 Å². The molecular formula is C24H24ClN3O3S2. The highest BCUT2D eigenvalue weighted by molar-refractivity contribution is 7.90. The van der Waals surface area contributed by atoms with E-state index in [2.05, 4.69) is 10.6 Å². The molecular weight excluding hydrogens is 478 g/mol. The Balaban J connectivity index is 1.97. The van der Waals surface area contributed by atoms with Gasteiger partial charge in [0.05, 0.1) is 32.6 Å². The summed E-state index contributed by atoms with van der Waals surface area (Å²) in [5, 5.41) is 14.8. The maximum Gasteiger partial charge on any atom is 0.225 e. The number of hydrogen-bond donors (Lipinski definition) is 3. The van der Waals surface area contributed by atoms with Crippen LogP contribution in [0.1, 0.15) is 18.2 Å². The fraction of sp³-hybridized carbons (Fsp3) is 0.167. The Kier molecular flexibility index (Phi) is 8.07. The predicted octanol–water partition coefficient (Wildman–Crippen LogP) is 5.47. The number of halogens is 1. The molecule has 3 aromatic rings. The standard InChI is InChI=1S/C24H24ClN3O3S2/c1-3-27-24(29)15-17(26)14-21(28-20-10-5-4-9-19(20)25)23-12-11-22(32-23)16-7-6-8-18(13-16)33(2,30)31/h4-14,26,28H,3,15H2,1-2H3,(H,27,29)/b21-14-,26-17?. The predicted molar refractivity (Wildman–Crippen MR) is 137 cm³/mol. The third kappa shape index (κ3) is 6.77. The van der Waals surface area contributed by atoms with Crippen LogP contribution in [0.5, 0.6) is 0 Å². The smallest absolute Gasteiger partial charge is 0.225 e. The van der Waals surface area contributed by atoms with Gasteiger partial charge in [0.25, 0.3) is 0 Å². The van der Waals surface area contributed by atoms with Gasteiger partial charge in [-0.2, -0.15) is 0 Å². The van der Waals surface area contributed by atoms with Crippen molar-refractivity contribution in [2.75, 3.05) is 18.1 Å². The van der Waals surface area contributed by atoms with Gasteiger partial charge in [0.2, 0.25) is 5.91 Å². The van der Waals surface area contributed by atoms with E-state index in [0.29, 0.717) is 23.0 Å². The molecule has 0 fully saturated rings. The number of hydrogen-bond acceptors (Lipinski definition) is 6. The Hall–Kier alpha value is -2.94. The molecule has 172 valence electrons. The monoisotopic (exact) mass is 501 g/mol. The van der Waals surface area contributed by atoms with Gasteiger partial charge in [-0.05, 0) is 55.0 Å². The molecule has 0 radical (unpaired) electrons. The lowest BCUT2D eigenvalue weighted by Crippen LogP contribution is -2.24. The Morgan fingerprint density at radius 2 is 1.88 bits per heavy atom. The average molecular weight is 502 g/mol. The number of thiophene rings is 1. The van der Waals surface area contributed by atoms with Crippen molar-refractivity contribution in [2.45, 2.75) is 18.2 Å². The van der Waals surface area contributed by atoms with Gasteiger partial charge in [0.1, 0.15) is 0 Å². The highest BCUT2D eigenvalue weighted by atomic mass is 35.5. The molecule has 3 rings (SSSR count). The Morgan fingerprint density at radius 3 is 2.58 bits per heavy atom. The van der Waals surface area contributed by atoms with Gasteiger partial charge in [-0.15, -0.1) is 11.3 Å². The second-order valence-corrected chi connectivity index (χ2v) is 10.8. The fourth-order valence-corrected chi connectivity index (χ4v) is 4.88. The summed E-state index contributed by atoms with van der Waals surface area (Å²) >= 11 is 7.76. The van der Waals surface area contributed by atoms with Crippen LogP contribution in [-0.4, -0.2) is 32.8 Å². The second kappa shape index (κ2) is 10.8. The Labute approximate surface area is 202 Å². The molecule has 1 amide bonds. The third-order valence-electron chi connectivity index (χ3n) is 4.60. The lowest BCUT2D eigenvalue weighted by Gasteiger charge is -2.12. The van der Waals surface area contributed by atoms with Crippen LogP contribution in [0, 0.1) is 5.41 Å². The van der Waals surface area contributed by atoms with Crippen molar-refractivity contribution in [3.8, 4) is 10.4 Å². The molecule has 1 aromatic heterocycles. The van der Waals surface area contributed by atoms with E-state index < -0.39 is 9.84 Å². The van der Waals surface area contributed by atoms with E-state index >= 15 is 0 Å². The zero-order valence-electron chi connectivity index (χ0n) is 18.2. The summed E-state index contributed by atoms with van der Waals surface area (Å²) in [5.41, 5.74) is 2.21. The van der Waals surface area contributed by atoms with E-state index in [0.717, 1.165) is 15.3 Å². The summed E-state index contributed by atoms with van der Waals surface area (Å²) in [5.74, 6) is -0.222. The van der Waals surface area contributed by atoms with Crippen LogP contribution in [-0.2, 0) is 14.6 Å². The topological polar surface area (TPSA) is 99.1 Å². The second-order valence-electron chi connectivity index (χ2n) is 7.28. The van der Waals surface area contributed by atoms with Gasteiger partial charge in [-0.25, -0.2) is 8.42 Å². The molecule has 0 aliphatic rings. The molecule has 0 unspecified atom stereocenters. The zero-order valence-corrected chi connectivity index (χ0v) is 20.6. The normalized spacial score (nSPS) is 11.8. The van der Waals surface area contributed by atoms with Gasteiger partial charge in [-0.1, -0.05) is 35.9 Å². The molecule has 33 heavy (non-hydrogen) atoms. The number of rotatable bonds is 9. The van der Waals surface area contributed by atoms with E-state index in [4.69, 9.17) is 17.0 Å². The van der Waals surface area contributed by atoms with Crippen LogP contribution >= 0.6 is 22.9 Å². The molecule has 0 aliphatic carbocycles. The minimum absolute atomic E-state index is 0.0455. The molecule has 9 heteroatoms. The highest BCUT2D eigenvalue weighted by Gasteiger charge is 2.14. The molecule has 0 aliphatic heterocycles. The first-order chi connectivity index (χ1) is 15.7. The first kappa shape index (κ1) is 24.7. The van der Waals surface area contributed by atoms with Crippen LogP contribution in [0.4, 0.5) is 5.69 Å². The number of carbonyl (C=O) groups is 1. The van der Waals surface area contributed by atoms with E-state index in [-0.39, 0.29) is 22.9 Å². The van der Waals surface area contributed by atoms with Gasteiger partial charge in [-0.3, -0.25) is 4.79 Å². The molecule has 6 nitrogen and oxygen atoms in total. The van der Waals surface area contributed by atoms with Crippen LogP contribution in [0.15, 0.2) is 71.6 Å². The molecule has 0 bridgehead atoms. The molecule has 0 atom stereocenters. The van der Waals surface area contributed by atoms with Gasteiger partial charge in [0, 0.05) is 23.4 Å². The van der Waals surface area contributed by atoms with Crippen molar-refractivity contribution in [3.05, 3.63) is 76.6 Å². The quantitative estimate of drug-likeness (QED) is 0.338. The Morgan fingerprint density at radius 1 is 1.12 bits per heavy atom. The number of nitrogens with one attached hydrogen (secondary N) is 3. The van der Waals surface area contributed by atoms with E-state index in [1.165, 1.54) is 17.6 Å².